The minimum atomic E-state index is -0.0566. The predicted molar refractivity (Wildman–Crippen MR) is 72.2 cm³/mol. The van der Waals surface area contributed by atoms with Gasteiger partial charge in [-0.2, -0.15) is 0 Å². The molecule has 1 nitrogen and oxygen atoms in total. The summed E-state index contributed by atoms with van der Waals surface area (Å²) in [5, 5.41) is 9.81. The second-order valence-corrected chi connectivity index (χ2v) is 5.32. The summed E-state index contributed by atoms with van der Waals surface area (Å²) < 4.78 is 0. The fourth-order valence-electron chi connectivity index (χ4n) is 2.61. The van der Waals surface area contributed by atoms with Crippen LogP contribution in [0.15, 0.2) is 24.3 Å². The van der Waals surface area contributed by atoms with Crippen molar-refractivity contribution in [2.45, 2.75) is 63.9 Å². The van der Waals surface area contributed by atoms with E-state index in [4.69, 9.17) is 0 Å². The van der Waals surface area contributed by atoms with Gasteiger partial charge in [0.25, 0.3) is 0 Å². The first-order valence-electron chi connectivity index (χ1n) is 7.10. The average molecular weight is 232 g/mol. The van der Waals surface area contributed by atoms with Crippen LogP contribution in [0.2, 0.25) is 0 Å². The summed E-state index contributed by atoms with van der Waals surface area (Å²) in [5.41, 5.74) is 2.91. The molecule has 0 heterocycles. The van der Waals surface area contributed by atoms with Gasteiger partial charge < -0.3 is 5.11 Å². The van der Waals surface area contributed by atoms with E-state index in [1.54, 1.807) is 0 Å². The zero-order chi connectivity index (χ0) is 11.9. The van der Waals surface area contributed by atoms with Gasteiger partial charge in [0.1, 0.15) is 0 Å². The molecule has 0 spiro atoms. The lowest BCUT2D eigenvalue weighted by Crippen LogP contribution is -2.06. The largest absolute Gasteiger partial charge is 0.393 e. The standard InChI is InChI=1S/C16H24O/c17-16-8-3-1-2-6-14-10-12-15(13-11-14)7-4-5-9-16/h10-13,16-17H,1-9H2/t16-/m0/s1. The van der Waals surface area contributed by atoms with Crippen molar-refractivity contribution in [2.24, 2.45) is 0 Å². The summed E-state index contributed by atoms with van der Waals surface area (Å²) in [5.74, 6) is 0. The fourth-order valence-corrected chi connectivity index (χ4v) is 2.61. The summed E-state index contributed by atoms with van der Waals surface area (Å²) in [4.78, 5) is 0. The molecule has 2 aliphatic rings. The summed E-state index contributed by atoms with van der Waals surface area (Å²) in [7, 11) is 0. The van der Waals surface area contributed by atoms with E-state index in [2.05, 4.69) is 24.3 Å². The van der Waals surface area contributed by atoms with Crippen molar-refractivity contribution >= 4 is 0 Å². The van der Waals surface area contributed by atoms with Crippen LogP contribution in [0.1, 0.15) is 56.1 Å². The quantitative estimate of drug-likeness (QED) is 0.719. The van der Waals surface area contributed by atoms with E-state index < -0.39 is 0 Å². The molecule has 1 aromatic rings. The van der Waals surface area contributed by atoms with Crippen LogP contribution in [0.4, 0.5) is 0 Å². The Labute approximate surface area is 105 Å². The molecule has 0 saturated heterocycles. The van der Waals surface area contributed by atoms with Crippen molar-refractivity contribution in [1.82, 2.24) is 0 Å². The number of aliphatic hydroxyl groups excluding tert-OH is 1. The van der Waals surface area contributed by atoms with Crippen LogP contribution < -0.4 is 0 Å². The van der Waals surface area contributed by atoms with Crippen LogP contribution in [0, 0.1) is 0 Å². The van der Waals surface area contributed by atoms with Crippen molar-refractivity contribution < 1.29 is 5.11 Å². The average Bonchev–Trinajstić information content (AvgIpc) is 2.35. The molecule has 2 aliphatic carbocycles. The first-order chi connectivity index (χ1) is 8.34. The maximum Gasteiger partial charge on any atom is 0.0540 e. The number of hydrogen-bond acceptors (Lipinski definition) is 1. The van der Waals surface area contributed by atoms with Crippen LogP contribution >= 0.6 is 0 Å². The van der Waals surface area contributed by atoms with Crippen LogP contribution in [-0.2, 0) is 12.8 Å². The van der Waals surface area contributed by atoms with Gasteiger partial charge in [-0.05, 0) is 49.7 Å². The first kappa shape index (κ1) is 12.6. The molecule has 17 heavy (non-hydrogen) atoms. The minimum absolute atomic E-state index is 0.0566. The van der Waals surface area contributed by atoms with Gasteiger partial charge in [-0.25, -0.2) is 0 Å². The highest BCUT2D eigenvalue weighted by atomic mass is 16.3. The van der Waals surface area contributed by atoms with Crippen LogP contribution in [0.5, 0.6) is 0 Å². The second-order valence-electron chi connectivity index (χ2n) is 5.32. The van der Waals surface area contributed by atoms with Gasteiger partial charge in [-0.3, -0.25) is 0 Å². The van der Waals surface area contributed by atoms with E-state index in [0.29, 0.717) is 0 Å². The number of aryl methyl sites for hydroxylation is 2. The number of benzene rings is 1. The lowest BCUT2D eigenvalue weighted by atomic mass is 9.98. The first-order valence-corrected chi connectivity index (χ1v) is 7.10. The minimum Gasteiger partial charge on any atom is -0.393 e. The molecule has 1 heteroatoms. The van der Waals surface area contributed by atoms with Gasteiger partial charge in [0.2, 0.25) is 0 Å². The Bertz CT molecular complexity index is 315. The third-order valence-corrected chi connectivity index (χ3v) is 3.78. The van der Waals surface area contributed by atoms with Crippen LogP contribution in [-0.4, -0.2) is 11.2 Å². The van der Waals surface area contributed by atoms with Crippen molar-refractivity contribution in [3.8, 4) is 0 Å². The topological polar surface area (TPSA) is 20.2 Å². The molecule has 3 rings (SSSR count). The van der Waals surface area contributed by atoms with Crippen LogP contribution in [0.3, 0.4) is 0 Å². The van der Waals surface area contributed by atoms with Gasteiger partial charge in [-0.1, -0.05) is 43.5 Å². The van der Waals surface area contributed by atoms with E-state index in [1.807, 2.05) is 0 Å². The summed E-state index contributed by atoms with van der Waals surface area (Å²) in [6.07, 6.45) is 10.3. The molecule has 0 saturated carbocycles. The maximum atomic E-state index is 9.81. The summed E-state index contributed by atoms with van der Waals surface area (Å²) >= 11 is 0. The molecule has 1 atom stereocenters. The number of hydrogen-bond donors (Lipinski definition) is 1. The van der Waals surface area contributed by atoms with Crippen molar-refractivity contribution in [3.05, 3.63) is 35.4 Å². The van der Waals surface area contributed by atoms with Gasteiger partial charge >= 0.3 is 0 Å². The third-order valence-electron chi connectivity index (χ3n) is 3.78. The Morgan fingerprint density at radius 3 is 1.76 bits per heavy atom. The lowest BCUT2D eigenvalue weighted by molar-refractivity contribution is 0.147. The van der Waals surface area contributed by atoms with Crippen molar-refractivity contribution in [2.75, 3.05) is 0 Å². The normalized spacial score (nSPS) is 23.2. The highest BCUT2D eigenvalue weighted by molar-refractivity contribution is 5.22. The van der Waals surface area contributed by atoms with Crippen LogP contribution in [0.25, 0.3) is 0 Å². The van der Waals surface area contributed by atoms with Crippen molar-refractivity contribution in [3.63, 3.8) is 0 Å². The zero-order valence-electron chi connectivity index (χ0n) is 10.7. The van der Waals surface area contributed by atoms with Gasteiger partial charge in [0.05, 0.1) is 6.10 Å². The molecule has 0 radical (unpaired) electrons. The Hall–Kier alpha value is -0.820. The highest BCUT2D eigenvalue weighted by Crippen LogP contribution is 2.16. The SMILES string of the molecule is O[C@H]1CCCCCc2ccc(cc2)CCCC1. The molecule has 0 aromatic heterocycles. The smallest absolute Gasteiger partial charge is 0.0540 e. The molecular weight excluding hydrogens is 208 g/mol. The molecular formula is C16H24O. The molecule has 94 valence electrons. The van der Waals surface area contributed by atoms with E-state index in [-0.39, 0.29) is 6.10 Å². The molecule has 1 aromatic carbocycles. The Balaban J connectivity index is 1.94. The highest BCUT2D eigenvalue weighted by Gasteiger charge is 2.05. The molecule has 0 aliphatic heterocycles. The Kier molecular flexibility index (Phi) is 5.06. The monoisotopic (exact) mass is 232 g/mol. The van der Waals surface area contributed by atoms with E-state index in [1.165, 1.54) is 43.2 Å². The van der Waals surface area contributed by atoms with Gasteiger partial charge in [0.15, 0.2) is 0 Å². The summed E-state index contributed by atoms with van der Waals surface area (Å²) in [6, 6.07) is 9.13. The van der Waals surface area contributed by atoms with Gasteiger partial charge in [0, 0.05) is 0 Å². The maximum absolute atomic E-state index is 9.81. The number of rotatable bonds is 0. The van der Waals surface area contributed by atoms with E-state index in [0.717, 1.165) is 25.7 Å². The Morgan fingerprint density at radius 2 is 1.18 bits per heavy atom. The lowest BCUT2D eigenvalue weighted by Gasteiger charge is -2.11. The van der Waals surface area contributed by atoms with E-state index in [9.17, 15) is 5.11 Å². The van der Waals surface area contributed by atoms with E-state index >= 15 is 0 Å². The fraction of sp³-hybridized carbons (Fsp3) is 0.625. The molecule has 0 unspecified atom stereocenters. The Morgan fingerprint density at radius 1 is 0.706 bits per heavy atom. The molecule has 1 N–H and O–H groups in total. The zero-order valence-corrected chi connectivity index (χ0v) is 10.7. The van der Waals surface area contributed by atoms with Gasteiger partial charge in [-0.15, -0.1) is 0 Å². The summed E-state index contributed by atoms with van der Waals surface area (Å²) in [6.45, 7) is 0. The molecule has 0 amide bonds. The second kappa shape index (κ2) is 6.80. The predicted octanol–water partition coefficient (Wildman–Crippen LogP) is 3.88. The number of fused-ring (bicyclic) bond motifs is 11. The molecule has 2 bridgehead atoms. The molecule has 0 fully saturated rings. The van der Waals surface area contributed by atoms with Crippen molar-refractivity contribution in [1.29, 1.82) is 0 Å². The third kappa shape index (κ3) is 4.51. The number of aliphatic hydroxyl groups is 1.